The number of ether oxygens (including phenoxy) is 1. The Balaban J connectivity index is 1.38. The number of rotatable bonds is 7. The number of halogens is 1. The van der Waals surface area contributed by atoms with Gasteiger partial charge in [0, 0.05) is 77.2 Å². The summed E-state index contributed by atoms with van der Waals surface area (Å²) in [5, 5.41) is 0.657. The van der Waals surface area contributed by atoms with Crippen LogP contribution in [0, 0.1) is 11.8 Å². The average molecular weight is 696 g/mol. The molecule has 2 atom stereocenters. The maximum Gasteiger partial charge on any atom is 0.282 e. The summed E-state index contributed by atoms with van der Waals surface area (Å²) in [4.78, 5) is 4.57. The SMILES string of the molecule is C[C@H]1CN(S(=O)(=O)c2ccc(N(C)C)cc2)CCCN(CC2CCCOC2)CCCN(S(=O)(=O)N2CCc3cc(Cl)ccc3C2)C1. The summed E-state index contributed by atoms with van der Waals surface area (Å²) in [5.74, 6) is 0.217. The van der Waals surface area contributed by atoms with E-state index in [1.54, 1.807) is 25.0 Å². The normalized spacial score (nSPS) is 24.1. The summed E-state index contributed by atoms with van der Waals surface area (Å²) < 4.78 is 67.0. The van der Waals surface area contributed by atoms with E-state index >= 15 is 0 Å². The topological polar surface area (TPSA) is 93.7 Å². The molecule has 13 heteroatoms. The molecule has 0 radical (unpaired) electrons. The minimum absolute atomic E-state index is 0.212. The molecule has 0 spiro atoms. The van der Waals surface area contributed by atoms with E-state index in [9.17, 15) is 16.8 Å². The first-order valence-corrected chi connectivity index (χ1v) is 19.7. The fraction of sp³-hybridized carbons (Fsp3) is 0.636. The highest BCUT2D eigenvalue weighted by Gasteiger charge is 2.35. The van der Waals surface area contributed by atoms with Crippen LogP contribution in [0.3, 0.4) is 0 Å². The number of hydrogen-bond acceptors (Lipinski definition) is 7. The van der Waals surface area contributed by atoms with Gasteiger partial charge in [0.05, 0.1) is 11.5 Å². The summed E-state index contributed by atoms with van der Waals surface area (Å²) in [6.07, 6.45) is 4.18. The van der Waals surface area contributed by atoms with Crippen LogP contribution >= 0.6 is 11.6 Å². The molecule has 0 saturated carbocycles. The molecule has 46 heavy (non-hydrogen) atoms. The Bertz CT molecular complexity index is 1520. The Kier molecular flexibility index (Phi) is 12.1. The van der Waals surface area contributed by atoms with Gasteiger partial charge in [-0.2, -0.15) is 21.3 Å². The van der Waals surface area contributed by atoms with E-state index in [0.717, 1.165) is 62.5 Å². The maximum atomic E-state index is 14.2. The molecule has 0 amide bonds. The van der Waals surface area contributed by atoms with Crippen LogP contribution in [0.25, 0.3) is 0 Å². The molecule has 3 aliphatic rings. The lowest BCUT2D eigenvalue weighted by Crippen LogP contribution is -2.49. The predicted molar refractivity (Wildman–Crippen MR) is 184 cm³/mol. The lowest BCUT2D eigenvalue weighted by atomic mass is 10.0. The summed E-state index contributed by atoms with van der Waals surface area (Å²) in [5.41, 5.74) is 2.98. The van der Waals surface area contributed by atoms with Crippen LogP contribution in [0.4, 0.5) is 5.69 Å². The van der Waals surface area contributed by atoms with Gasteiger partial charge >= 0.3 is 0 Å². The summed E-state index contributed by atoms with van der Waals surface area (Å²) in [7, 11) is -3.75. The highest BCUT2D eigenvalue weighted by Crippen LogP contribution is 2.27. The van der Waals surface area contributed by atoms with Crippen molar-refractivity contribution in [2.24, 2.45) is 11.8 Å². The van der Waals surface area contributed by atoms with Crippen LogP contribution in [0.15, 0.2) is 47.4 Å². The third kappa shape index (κ3) is 8.82. The zero-order valence-electron chi connectivity index (χ0n) is 27.5. The molecule has 0 N–H and O–H groups in total. The third-order valence-corrected chi connectivity index (χ3v) is 13.4. The molecular weight excluding hydrogens is 646 g/mol. The second-order valence-electron chi connectivity index (χ2n) is 13.3. The fourth-order valence-electron chi connectivity index (χ4n) is 6.84. The van der Waals surface area contributed by atoms with Crippen molar-refractivity contribution >= 4 is 37.5 Å². The molecule has 256 valence electrons. The predicted octanol–water partition coefficient (Wildman–Crippen LogP) is 4.16. The average Bonchev–Trinajstić information content (AvgIpc) is 3.03. The van der Waals surface area contributed by atoms with Gasteiger partial charge in [0.1, 0.15) is 0 Å². The van der Waals surface area contributed by atoms with E-state index in [2.05, 4.69) is 4.90 Å². The Morgan fingerprint density at radius 1 is 0.848 bits per heavy atom. The van der Waals surface area contributed by atoms with Gasteiger partial charge in [-0.3, -0.25) is 0 Å². The van der Waals surface area contributed by atoms with Gasteiger partial charge in [-0.25, -0.2) is 8.42 Å². The fourth-order valence-corrected chi connectivity index (χ4v) is 10.4. The van der Waals surface area contributed by atoms with Gasteiger partial charge in [-0.15, -0.1) is 0 Å². The molecule has 0 aliphatic carbocycles. The summed E-state index contributed by atoms with van der Waals surface area (Å²) >= 11 is 6.20. The molecule has 2 fully saturated rings. The number of fused-ring (bicyclic) bond motifs is 1. The number of nitrogens with zero attached hydrogens (tertiary/aromatic N) is 5. The monoisotopic (exact) mass is 695 g/mol. The van der Waals surface area contributed by atoms with E-state index in [1.165, 1.54) is 0 Å². The number of sulfonamides is 1. The van der Waals surface area contributed by atoms with Gasteiger partial charge in [0.15, 0.2) is 0 Å². The quantitative estimate of drug-likeness (QED) is 0.430. The van der Waals surface area contributed by atoms with Crippen molar-refractivity contribution in [3.8, 4) is 0 Å². The van der Waals surface area contributed by atoms with E-state index in [1.807, 2.05) is 56.3 Å². The maximum absolute atomic E-state index is 14.2. The van der Waals surface area contributed by atoms with Gasteiger partial charge in [-0.1, -0.05) is 24.6 Å². The van der Waals surface area contributed by atoms with Crippen molar-refractivity contribution in [2.45, 2.75) is 50.5 Å². The molecule has 3 aliphatic heterocycles. The molecule has 0 aromatic heterocycles. The van der Waals surface area contributed by atoms with Crippen LogP contribution in [-0.4, -0.2) is 114 Å². The highest BCUT2D eigenvalue weighted by atomic mass is 35.5. The molecule has 5 rings (SSSR count). The minimum Gasteiger partial charge on any atom is -0.381 e. The van der Waals surface area contributed by atoms with E-state index in [0.29, 0.717) is 56.4 Å². The largest absolute Gasteiger partial charge is 0.381 e. The van der Waals surface area contributed by atoms with Crippen LogP contribution in [-0.2, 0) is 37.9 Å². The molecule has 2 saturated heterocycles. The molecular formula is C33H50ClN5O5S2. The molecule has 3 heterocycles. The van der Waals surface area contributed by atoms with Crippen LogP contribution in [0.2, 0.25) is 5.02 Å². The van der Waals surface area contributed by atoms with Crippen molar-refractivity contribution < 1.29 is 21.6 Å². The molecule has 2 aromatic carbocycles. The smallest absolute Gasteiger partial charge is 0.282 e. The highest BCUT2D eigenvalue weighted by molar-refractivity contribution is 7.89. The van der Waals surface area contributed by atoms with E-state index in [-0.39, 0.29) is 23.9 Å². The lowest BCUT2D eigenvalue weighted by molar-refractivity contribution is 0.0375. The van der Waals surface area contributed by atoms with Crippen LogP contribution in [0.5, 0.6) is 0 Å². The van der Waals surface area contributed by atoms with Crippen molar-refractivity contribution in [1.29, 1.82) is 0 Å². The summed E-state index contributed by atoms with van der Waals surface area (Å²) in [6, 6.07) is 12.6. The lowest BCUT2D eigenvalue weighted by Gasteiger charge is -2.36. The number of hydrogen-bond donors (Lipinski definition) is 0. The Morgan fingerprint density at radius 3 is 2.22 bits per heavy atom. The number of benzene rings is 2. The first kappa shape index (κ1) is 35.5. The molecule has 2 aromatic rings. The van der Waals surface area contributed by atoms with Gasteiger partial charge in [0.2, 0.25) is 10.0 Å². The zero-order valence-corrected chi connectivity index (χ0v) is 29.9. The van der Waals surface area contributed by atoms with Gasteiger partial charge < -0.3 is 14.5 Å². The zero-order chi connectivity index (χ0) is 32.9. The molecule has 10 nitrogen and oxygen atoms in total. The Labute approximate surface area is 281 Å². The first-order valence-electron chi connectivity index (χ1n) is 16.5. The standard InChI is InChI=1S/C33H50ClN5O5S2/c1-27-22-37(45(40,41)33-12-10-32(11-13-33)35(2)3)17-5-15-36(24-28-7-4-20-44-26-28)16-6-18-38(23-27)46(42,43)39-19-14-29-21-31(34)9-8-30(29)25-39/h8-13,21,27-28H,4-7,14-20,22-26H2,1-3H3/t27-,28?/m0/s1. The first-order chi connectivity index (χ1) is 21.9. The second kappa shape index (κ2) is 15.6. The third-order valence-electron chi connectivity index (χ3n) is 9.35. The van der Waals surface area contributed by atoms with Crippen molar-refractivity contribution in [3.05, 3.63) is 58.6 Å². The van der Waals surface area contributed by atoms with Crippen molar-refractivity contribution in [2.75, 3.05) is 84.6 Å². The Morgan fingerprint density at radius 2 is 1.54 bits per heavy atom. The van der Waals surface area contributed by atoms with Crippen LogP contribution < -0.4 is 4.90 Å². The second-order valence-corrected chi connectivity index (χ2v) is 17.6. The van der Waals surface area contributed by atoms with E-state index in [4.69, 9.17) is 16.3 Å². The van der Waals surface area contributed by atoms with E-state index < -0.39 is 20.2 Å². The molecule has 0 bridgehead atoms. The van der Waals surface area contributed by atoms with Gasteiger partial charge in [0.25, 0.3) is 10.2 Å². The van der Waals surface area contributed by atoms with Crippen molar-refractivity contribution in [1.82, 2.24) is 17.8 Å². The van der Waals surface area contributed by atoms with Crippen LogP contribution in [0.1, 0.15) is 43.7 Å². The van der Waals surface area contributed by atoms with Gasteiger partial charge in [-0.05, 0) is 105 Å². The van der Waals surface area contributed by atoms with Crippen molar-refractivity contribution in [3.63, 3.8) is 0 Å². The summed E-state index contributed by atoms with van der Waals surface area (Å²) in [6.45, 7) is 7.78. The minimum atomic E-state index is -3.80. The number of anilines is 1. The Hall–Kier alpha value is -1.77. The molecule has 1 unspecified atom stereocenters.